The Hall–Kier alpha value is -12.6. The number of aryl methyl sites for hydroxylation is 8. The molecule has 6 aliphatic carbocycles. The highest BCUT2D eigenvalue weighted by Crippen LogP contribution is 2.59. The van der Waals surface area contributed by atoms with Crippen molar-refractivity contribution in [2.45, 2.75) is 245 Å². The van der Waals surface area contributed by atoms with Crippen LogP contribution in [0.1, 0.15) is 109 Å². The number of esters is 7. The summed E-state index contributed by atoms with van der Waals surface area (Å²) in [7, 11) is -4.60. The number of benzene rings is 12. The van der Waals surface area contributed by atoms with Gasteiger partial charge in [-0.1, -0.05) is 146 Å². The Bertz CT molecular complexity index is 6600. The highest BCUT2D eigenvalue weighted by molar-refractivity contribution is 7.98. The first kappa shape index (κ1) is 101. The maximum Gasteiger partial charge on any atom is 0.344 e. The molecule has 20 unspecified atom stereocenters. The van der Waals surface area contributed by atoms with E-state index in [1.54, 1.807) is 0 Å². The Morgan fingerprint density at radius 1 is 0.324 bits per heavy atom. The van der Waals surface area contributed by atoms with Crippen molar-refractivity contribution in [1.82, 2.24) is 0 Å². The summed E-state index contributed by atoms with van der Waals surface area (Å²) in [4.78, 5) is 102. The van der Waals surface area contributed by atoms with Gasteiger partial charge in [-0.05, 0) is 268 Å². The quantitative estimate of drug-likeness (QED) is 0.0191. The molecule has 148 heavy (non-hydrogen) atoms. The minimum Gasteiger partial charge on any atom is -0.481 e. The molecule has 13 fully saturated rings. The smallest absolute Gasteiger partial charge is 0.344 e. The number of rotatable bonds is 28. The minimum atomic E-state index is -3.54. The standard InChI is InChI=1S/C33H35O5S.C30H29O5S.C29H29O6S2.C29H27O6S/c1-21-14-28(39(26-10-6-4-7-11-26)27-12-8-5-9-13-27)15-22(2)31(21)36-20-30(34)38-33(3)25-17-23-16-24(19-25)32(35)37-29(33)18-23;1-18-13-23(36(21-9-5-3-6-10-21)22-11-7-4-8-12-22)14-19(2)27(18)33-17-26(31)34-28-20-15-24-25(16-20)30(32)35-29(24)28;1-18-13-23(36(21-9-5-3-6-10-21)22-11-7-4-8-12-22)14-19(2)27(18)33-17-26(30)34-28-20-15-24-25(16-20)37(31,32)35-29(24)28;1-17-13-21(36(19-9-5-3-6-10-19)20-11-7-4-8-12-20)14-18(2)25(17)32-16-24(30)34-27-23-15-22-26(33-23)28(27)35-29(22)31/h4-15,23-25,29H,16-20H2,1-3H3;3-14,20,24-25,28-29H,15-17H2,1-2H3;3-14,20,24-25,28-29H,15-17H2,1-2H3;3-14,22-23,26-28H,15-16H2,1-2H3/q4*+1. The van der Waals surface area contributed by atoms with Crippen molar-refractivity contribution in [3.05, 3.63) is 336 Å². The molecule has 7 heterocycles. The molecule has 7 saturated heterocycles. The predicted molar refractivity (Wildman–Crippen MR) is 559 cm³/mol. The van der Waals surface area contributed by atoms with Gasteiger partial charge in [-0.25, -0.2) is 19.2 Å². The van der Waals surface area contributed by atoms with E-state index < -0.39 is 69.3 Å². The molecule has 13 aliphatic rings. The number of hydrogen-bond acceptors (Lipinski definition) is 22. The fourth-order valence-electron chi connectivity index (χ4n) is 24.6. The molecular formula is C121H120O22S5+4. The molecule has 0 aromatic heterocycles. The second-order valence-electron chi connectivity index (χ2n) is 40.9. The average molecular weight is 2090 g/mol. The summed E-state index contributed by atoms with van der Waals surface area (Å²) < 4.78 is 99.3. The van der Waals surface area contributed by atoms with Crippen LogP contribution in [0.2, 0.25) is 0 Å². The van der Waals surface area contributed by atoms with E-state index in [1.165, 1.54) is 58.7 Å². The van der Waals surface area contributed by atoms with Gasteiger partial charge in [-0.3, -0.25) is 18.6 Å². The maximum absolute atomic E-state index is 13.1. The van der Waals surface area contributed by atoms with Gasteiger partial charge >= 0.3 is 41.8 Å². The van der Waals surface area contributed by atoms with E-state index in [-0.39, 0.29) is 166 Å². The van der Waals surface area contributed by atoms with Crippen LogP contribution >= 0.6 is 0 Å². The van der Waals surface area contributed by atoms with Gasteiger partial charge in [0, 0.05) is 78.1 Å². The number of carbonyl (C=O) groups excluding carboxylic acids is 7. The molecule has 0 spiro atoms. The summed E-state index contributed by atoms with van der Waals surface area (Å²) in [6.45, 7) is 17.2. The van der Waals surface area contributed by atoms with E-state index in [4.69, 9.17) is 61.0 Å². The van der Waals surface area contributed by atoms with Gasteiger partial charge in [-0.15, -0.1) is 0 Å². The Labute approximate surface area is 875 Å². The Balaban J connectivity index is 0.000000116. The fraction of sp³-hybridized carbons (Fsp3) is 0.347. The van der Waals surface area contributed by atoms with Crippen molar-refractivity contribution in [1.29, 1.82) is 0 Å². The zero-order chi connectivity index (χ0) is 103. The minimum absolute atomic E-state index is 0.00586. The van der Waals surface area contributed by atoms with E-state index in [9.17, 15) is 42.0 Å². The monoisotopic (exact) mass is 2080 g/mol. The van der Waals surface area contributed by atoms with Gasteiger partial charge in [0.1, 0.15) is 65.2 Å². The normalized spacial score (nSPS) is 26.4. The molecular weight excluding hydrogens is 1970 g/mol. The second kappa shape index (κ2) is 43.2. The number of carbonyl (C=O) groups is 7. The molecule has 7 aliphatic heterocycles. The lowest BCUT2D eigenvalue weighted by atomic mass is 9.62. The molecule has 0 radical (unpaired) electrons. The van der Waals surface area contributed by atoms with Crippen LogP contribution in [0.4, 0.5) is 0 Å². The Morgan fingerprint density at radius 3 is 1.02 bits per heavy atom. The number of ether oxygens (including phenoxy) is 12. The zero-order valence-electron chi connectivity index (χ0n) is 83.9. The molecule has 762 valence electrons. The molecule has 22 nitrogen and oxygen atoms in total. The molecule has 20 atom stereocenters. The third-order valence-corrected chi connectivity index (χ3v) is 41.5. The van der Waals surface area contributed by atoms with E-state index in [2.05, 4.69) is 243 Å². The molecule has 12 aromatic carbocycles. The molecule has 0 amide bonds. The van der Waals surface area contributed by atoms with Crippen LogP contribution in [-0.4, -0.2) is 142 Å². The largest absolute Gasteiger partial charge is 0.481 e. The van der Waals surface area contributed by atoms with Crippen LogP contribution in [0.3, 0.4) is 0 Å². The lowest BCUT2D eigenvalue weighted by Crippen LogP contribution is -2.55. The first-order valence-corrected chi connectivity index (χ1v) is 57.3. The number of fused-ring (bicyclic) bond motifs is 4. The third-order valence-electron chi connectivity index (χ3n) is 31.0. The van der Waals surface area contributed by atoms with Crippen molar-refractivity contribution < 1.29 is 103 Å². The van der Waals surface area contributed by atoms with E-state index in [1.807, 2.05) is 111 Å². The van der Waals surface area contributed by atoms with Gasteiger partial charge in [-0.2, -0.15) is 8.42 Å². The van der Waals surface area contributed by atoms with Crippen LogP contribution in [-0.2, 0) is 129 Å². The molecule has 0 N–H and O–H groups in total. The van der Waals surface area contributed by atoms with Crippen molar-refractivity contribution in [3.8, 4) is 23.0 Å². The molecule has 12 aromatic rings. The maximum atomic E-state index is 13.1. The molecule has 27 heteroatoms. The van der Waals surface area contributed by atoms with Crippen molar-refractivity contribution >= 4 is 95.5 Å². The van der Waals surface area contributed by atoms with Crippen LogP contribution < -0.4 is 18.9 Å². The lowest BCUT2D eigenvalue weighted by molar-refractivity contribution is -0.199. The lowest BCUT2D eigenvalue weighted by Gasteiger charge is -2.48. The van der Waals surface area contributed by atoms with Crippen LogP contribution in [0.15, 0.2) is 350 Å². The summed E-state index contributed by atoms with van der Waals surface area (Å²) in [6, 6.07) is 101. The van der Waals surface area contributed by atoms with Gasteiger partial charge in [0.15, 0.2) is 97.4 Å². The Morgan fingerprint density at radius 2 is 0.649 bits per heavy atom. The number of hydrogen-bond donors (Lipinski definition) is 0. The summed E-state index contributed by atoms with van der Waals surface area (Å²) in [5, 5.41) is -0.436. The SMILES string of the molecule is Cc1cc([S+](c2ccccc2)c2ccccc2)cc(C)c1OCC(=O)OC1(C)C2CC3CC(C2)C(=O)OC1C3.Cc1cc([S+](c2ccccc2)c2ccccc2)cc(C)c1OCC(=O)OC1C2CC3C(=O)OC1C3C2.Cc1cc([S+](c2ccccc2)c2ccccc2)cc(C)c1OCC(=O)OC1C2CC3C(=O)OC1C3O2.Cc1cc([S+](c2ccccc2)c2ccccc2)cc(C)c1OCC(=O)OC1C2CC3C1OS(=O)(=O)C3C2. The van der Waals surface area contributed by atoms with Crippen LogP contribution in [0.25, 0.3) is 0 Å². The summed E-state index contributed by atoms with van der Waals surface area (Å²) >= 11 is 0. The molecule has 10 bridgehead atoms. The van der Waals surface area contributed by atoms with Crippen LogP contribution in [0, 0.1) is 109 Å². The summed E-state index contributed by atoms with van der Waals surface area (Å²) in [6.07, 6.45) is 3.18. The fourth-order valence-corrected chi connectivity index (χ4v) is 35.5. The topological polar surface area (TPSA) is 274 Å². The van der Waals surface area contributed by atoms with Crippen LogP contribution in [0.5, 0.6) is 23.0 Å². The van der Waals surface area contributed by atoms with Gasteiger partial charge in [0.05, 0.1) is 72.7 Å². The highest BCUT2D eigenvalue weighted by Gasteiger charge is 2.68. The second-order valence-corrected chi connectivity index (χ2v) is 50.7. The molecule has 6 saturated carbocycles. The average Bonchev–Trinajstić information content (AvgIpc) is 1.60. The summed E-state index contributed by atoms with van der Waals surface area (Å²) in [5.41, 5.74) is 6.93. The zero-order valence-corrected chi connectivity index (χ0v) is 88.0. The summed E-state index contributed by atoms with van der Waals surface area (Å²) in [5.74, 6) is 1.19. The van der Waals surface area contributed by atoms with E-state index in [0.29, 0.717) is 41.8 Å². The van der Waals surface area contributed by atoms with E-state index in [0.717, 1.165) is 89.5 Å². The Kier molecular flexibility index (Phi) is 29.5. The van der Waals surface area contributed by atoms with Crippen molar-refractivity contribution in [2.75, 3.05) is 26.4 Å². The van der Waals surface area contributed by atoms with Gasteiger partial charge in [0.25, 0.3) is 10.1 Å². The van der Waals surface area contributed by atoms with Gasteiger partial charge in [0.2, 0.25) is 0 Å². The molecule has 25 rings (SSSR count). The third kappa shape index (κ3) is 20.8. The first-order valence-electron chi connectivity index (χ1n) is 50.9. The van der Waals surface area contributed by atoms with Gasteiger partial charge < -0.3 is 56.8 Å². The highest BCUT2D eigenvalue weighted by atomic mass is 32.2. The van der Waals surface area contributed by atoms with Crippen molar-refractivity contribution in [3.63, 3.8) is 0 Å². The van der Waals surface area contributed by atoms with Crippen molar-refractivity contribution in [2.24, 2.45) is 53.3 Å². The predicted octanol–water partition coefficient (Wildman–Crippen LogP) is 20.9. The first-order chi connectivity index (χ1) is 71.6. The van der Waals surface area contributed by atoms with E-state index >= 15 is 0 Å².